The Hall–Kier alpha value is -2.45. The predicted octanol–water partition coefficient (Wildman–Crippen LogP) is 0.0692. The van der Waals surface area contributed by atoms with E-state index in [1.807, 2.05) is 19.0 Å². The van der Waals surface area contributed by atoms with Crippen LogP contribution in [0.15, 0.2) is 24.3 Å². The van der Waals surface area contributed by atoms with E-state index in [4.69, 9.17) is 4.74 Å². The van der Waals surface area contributed by atoms with Gasteiger partial charge in [0.2, 0.25) is 0 Å². The van der Waals surface area contributed by atoms with E-state index in [1.54, 1.807) is 24.3 Å². The Morgan fingerprint density at radius 3 is 2.44 bits per heavy atom. The standard InChI is InChI=1S/C17H26N4O4/c1-21(2)11-6-9-18-16(23)17(24)20-14-8-5-4-7-13(14)15(22)19-10-12-25-3/h4-5,7-8H,6,9-12H2,1-3H3,(H,18,23)(H,19,22)(H,20,24). The summed E-state index contributed by atoms with van der Waals surface area (Å²) in [6.45, 7) is 1.95. The summed E-state index contributed by atoms with van der Waals surface area (Å²) in [5.74, 6) is -1.88. The van der Waals surface area contributed by atoms with Gasteiger partial charge in [-0.15, -0.1) is 0 Å². The summed E-state index contributed by atoms with van der Waals surface area (Å²) in [7, 11) is 5.41. The largest absolute Gasteiger partial charge is 0.383 e. The molecule has 8 nitrogen and oxygen atoms in total. The summed E-state index contributed by atoms with van der Waals surface area (Å²) in [4.78, 5) is 38.0. The minimum absolute atomic E-state index is 0.283. The lowest BCUT2D eigenvalue weighted by Gasteiger charge is -2.12. The van der Waals surface area contributed by atoms with Crippen LogP contribution < -0.4 is 16.0 Å². The molecule has 0 heterocycles. The monoisotopic (exact) mass is 350 g/mol. The number of amides is 3. The highest BCUT2D eigenvalue weighted by Gasteiger charge is 2.17. The number of nitrogens with zero attached hydrogens (tertiary/aromatic N) is 1. The van der Waals surface area contributed by atoms with E-state index in [1.165, 1.54) is 7.11 Å². The van der Waals surface area contributed by atoms with Crippen molar-refractivity contribution >= 4 is 23.4 Å². The van der Waals surface area contributed by atoms with E-state index >= 15 is 0 Å². The number of rotatable bonds is 9. The Bertz CT molecular complexity index is 590. The first-order valence-corrected chi connectivity index (χ1v) is 8.05. The molecule has 0 aliphatic carbocycles. The van der Waals surface area contributed by atoms with Gasteiger partial charge in [0, 0.05) is 20.2 Å². The summed E-state index contributed by atoms with van der Waals surface area (Å²) in [5.41, 5.74) is 0.568. The molecule has 1 aromatic rings. The maximum atomic E-state index is 12.1. The molecule has 0 aliphatic rings. The third kappa shape index (κ3) is 7.77. The molecule has 0 spiro atoms. The van der Waals surface area contributed by atoms with Crippen LogP contribution in [0.2, 0.25) is 0 Å². The molecule has 0 fully saturated rings. The van der Waals surface area contributed by atoms with Crippen LogP contribution >= 0.6 is 0 Å². The molecule has 0 unspecified atom stereocenters. The topological polar surface area (TPSA) is 99.8 Å². The number of hydrogen-bond acceptors (Lipinski definition) is 5. The second-order valence-corrected chi connectivity index (χ2v) is 5.66. The van der Waals surface area contributed by atoms with Crippen LogP contribution in [0.3, 0.4) is 0 Å². The lowest BCUT2D eigenvalue weighted by atomic mass is 10.1. The van der Waals surface area contributed by atoms with Crippen molar-refractivity contribution < 1.29 is 19.1 Å². The normalized spacial score (nSPS) is 10.4. The van der Waals surface area contributed by atoms with Gasteiger partial charge in [0.1, 0.15) is 0 Å². The molecule has 3 amide bonds. The number of ether oxygens (including phenoxy) is 1. The van der Waals surface area contributed by atoms with E-state index in [0.717, 1.165) is 13.0 Å². The molecule has 25 heavy (non-hydrogen) atoms. The number of anilines is 1. The van der Waals surface area contributed by atoms with Gasteiger partial charge in [-0.25, -0.2) is 0 Å². The molecule has 1 rings (SSSR count). The van der Waals surface area contributed by atoms with Crippen molar-refractivity contribution in [2.45, 2.75) is 6.42 Å². The van der Waals surface area contributed by atoms with Crippen molar-refractivity contribution in [3.8, 4) is 0 Å². The van der Waals surface area contributed by atoms with Gasteiger partial charge < -0.3 is 25.6 Å². The van der Waals surface area contributed by atoms with E-state index < -0.39 is 11.8 Å². The molecule has 0 aromatic heterocycles. The maximum Gasteiger partial charge on any atom is 0.313 e. The summed E-state index contributed by atoms with van der Waals surface area (Å²) in [6.07, 6.45) is 0.741. The van der Waals surface area contributed by atoms with Crippen LogP contribution in [-0.2, 0) is 14.3 Å². The number of hydrogen-bond donors (Lipinski definition) is 3. The number of benzene rings is 1. The Kier molecular flexibility index (Phi) is 9.20. The summed E-state index contributed by atoms with van der Waals surface area (Å²) < 4.78 is 4.88. The van der Waals surface area contributed by atoms with E-state index in [9.17, 15) is 14.4 Å². The van der Waals surface area contributed by atoms with Crippen LogP contribution in [0.4, 0.5) is 5.69 Å². The highest BCUT2D eigenvalue weighted by molar-refractivity contribution is 6.40. The zero-order valence-corrected chi connectivity index (χ0v) is 14.9. The van der Waals surface area contributed by atoms with Crippen molar-refractivity contribution in [3.05, 3.63) is 29.8 Å². The SMILES string of the molecule is COCCNC(=O)c1ccccc1NC(=O)C(=O)NCCCN(C)C. The minimum atomic E-state index is -0.804. The number of nitrogens with one attached hydrogen (secondary N) is 3. The summed E-state index contributed by atoms with van der Waals surface area (Å²) >= 11 is 0. The fourth-order valence-corrected chi connectivity index (χ4v) is 2.01. The average molecular weight is 350 g/mol. The molecule has 1 aromatic carbocycles. The summed E-state index contributed by atoms with van der Waals surface area (Å²) in [5, 5.41) is 7.71. The van der Waals surface area contributed by atoms with E-state index in [2.05, 4.69) is 16.0 Å². The highest BCUT2D eigenvalue weighted by Crippen LogP contribution is 2.14. The fourth-order valence-electron chi connectivity index (χ4n) is 2.01. The van der Waals surface area contributed by atoms with Gasteiger partial charge in [-0.1, -0.05) is 12.1 Å². The van der Waals surface area contributed by atoms with Crippen molar-refractivity contribution in [1.82, 2.24) is 15.5 Å². The molecular weight excluding hydrogens is 324 g/mol. The highest BCUT2D eigenvalue weighted by atomic mass is 16.5. The smallest absolute Gasteiger partial charge is 0.313 e. The van der Waals surface area contributed by atoms with Crippen LogP contribution in [0, 0.1) is 0 Å². The van der Waals surface area contributed by atoms with Gasteiger partial charge in [-0.05, 0) is 39.2 Å². The third-order valence-electron chi connectivity index (χ3n) is 3.29. The van der Waals surface area contributed by atoms with Crippen LogP contribution in [-0.4, -0.2) is 70.1 Å². The Morgan fingerprint density at radius 2 is 1.76 bits per heavy atom. The quantitative estimate of drug-likeness (QED) is 0.432. The Balaban J connectivity index is 2.59. The molecule has 0 bridgehead atoms. The lowest BCUT2D eigenvalue weighted by molar-refractivity contribution is -0.136. The van der Waals surface area contributed by atoms with Crippen LogP contribution in [0.1, 0.15) is 16.8 Å². The molecule has 0 saturated heterocycles. The molecule has 8 heteroatoms. The van der Waals surface area contributed by atoms with Crippen molar-refractivity contribution in [2.24, 2.45) is 0 Å². The Morgan fingerprint density at radius 1 is 1.04 bits per heavy atom. The third-order valence-corrected chi connectivity index (χ3v) is 3.29. The van der Waals surface area contributed by atoms with Crippen molar-refractivity contribution in [1.29, 1.82) is 0 Å². The molecular formula is C17H26N4O4. The molecule has 0 aliphatic heterocycles. The van der Waals surface area contributed by atoms with Crippen LogP contribution in [0.25, 0.3) is 0 Å². The second kappa shape index (κ2) is 11.2. The Labute approximate surface area is 147 Å². The zero-order valence-electron chi connectivity index (χ0n) is 14.9. The number of carbonyl (C=O) groups is 3. The van der Waals surface area contributed by atoms with Gasteiger partial charge in [-0.3, -0.25) is 14.4 Å². The maximum absolute atomic E-state index is 12.1. The van der Waals surface area contributed by atoms with Gasteiger partial charge in [0.05, 0.1) is 17.9 Å². The number of para-hydroxylation sites is 1. The molecule has 0 saturated carbocycles. The second-order valence-electron chi connectivity index (χ2n) is 5.66. The van der Waals surface area contributed by atoms with Crippen molar-refractivity contribution in [3.63, 3.8) is 0 Å². The van der Waals surface area contributed by atoms with Crippen molar-refractivity contribution in [2.75, 3.05) is 52.8 Å². The van der Waals surface area contributed by atoms with Gasteiger partial charge in [0.15, 0.2) is 0 Å². The predicted molar refractivity (Wildman–Crippen MR) is 95.5 cm³/mol. The first-order chi connectivity index (χ1) is 12.0. The van der Waals surface area contributed by atoms with Gasteiger partial charge >= 0.3 is 11.8 Å². The average Bonchev–Trinajstić information content (AvgIpc) is 2.58. The number of methoxy groups -OCH3 is 1. The van der Waals surface area contributed by atoms with Gasteiger partial charge in [-0.2, -0.15) is 0 Å². The molecule has 0 atom stereocenters. The number of carbonyl (C=O) groups excluding carboxylic acids is 3. The van der Waals surface area contributed by atoms with E-state index in [-0.39, 0.29) is 17.2 Å². The molecule has 0 radical (unpaired) electrons. The lowest BCUT2D eigenvalue weighted by Crippen LogP contribution is -2.37. The minimum Gasteiger partial charge on any atom is -0.383 e. The first-order valence-electron chi connectivity index (χ1n) is 8.05. The fraction of sp³-hybridized carbons (Fsp3) is 0.471. The summed E-state index contributed by atoms with van der Waals surface area (Å²) in [6, 6.07) is 6.51. The first kappa shape index (κ1) is 20.6. The van der Waals surface area contributed by atoms with Gasteiger partial charge in [0.25, 0.3) is 5.91 Å². The zero-order chi connectivity index (χ0) is 18.7. The molecule has 138 valence electrons. The van der Waals surface area contributed by atoms with E-state index in [0.29, 0.717) is 19.7 Å². The molecule has 3 N–H and O–H groups in total. The van der Waals surface area contributed by atoms with Crippen LogP contribution in [0.5, 0.6) is 0 Å².